The Morgan fingerprint density at radius 1 is 1.24 bits per heavy atom. The number of hydrogen-bond donors (Lipinski definition) is 1. The number of methoxy groups -OCH3 is 1. The molecule has 1 aliphatic rings. The number of likely N-dealkylation sites (tertiary alicyclic amines) is 1. The van der Waals surface area contributed by atoms with E-state index in [1.807, 2.05) is 24.3 Å². The lowest BCUT2D eigenvalue weighted by Crippen LogP contribution is -2.36. The highest BCUT2D eigenvalue weighted by Gasteiger charge is 2.29. The summed E-state index contributed by atoms with van der Waals surface area (Å²) in [6, 6.07) is 16.2. The second kappa shape index (κ2) is 7.70. The molecule has 2 N–H and O–H groups in total. The molecule has 1 aliphatic heterocycles. The second-order valence-electron chi connectivity index (χ2n) is 6.92. The molecule has 0 aliphatic carbocycles. The summed E-state index contributed by atoms with van der Waals surface area (Å²) in [4.78, 5) is 13.9. The fourth-order valence-corrected chi connectivity index (χ4v) is 3.70. The van der Waals surface area contributed by atoms with Crippen LogP contribution in [-0.2, 0) is 6.54 Å². The predicted molar refractivity (Wildman–Crippen MR) is 99.5 cm³/mol. The van der Waals surface area contributed by atoms with Crippen molar-refractivity contribution in [3.8, 4) is 5.75 Å². The summed E-state index contributed by atoms with van der Waals surface area (Å²) >= 11 is 0. The molecule has 4 nitrogen and oxygen atoms in total. The number of para-hydroxylation sites is 1. The van der Waals surface area contributed by atoms with Crippen LogP contribution in [0.4, 0.5) is 0 Å². The molecule has 1 saturated heterocycles. The van der Waals surface area contributed by atoms with Gasteiger partial charge in [-0.15, -0.1) is 0 Å². The van der Waals surface area contributed by atoms with E-state index < -0.39 is 0 Å². The Morgan fingerprint density at radius 2 is 2.04 bits per heavy atom. The number of benzene rings is 2. The summed E-state index contributed by atoms with van der Waals surface area (Å²) in [6.07, 6.45) is 2.29. The summed E-state index contributed by atoms with van der Waals surface area (Å²) in [7, 11) is 1.73. The normalized spacial score (nSPS) is 21.0. The van der Waals surface area contributed by atoms with Crippen LogP contribution in [0.1, 0.15) is 47.3 Å². The van der Waals surface area contributed by atoms with Gasteiger partial charge in [-0.2, -0.15) is 0 Å². The lowest BCUT2D eigenvalue weighted by Gasteiger charge is -2.39. The Labute approximate surface area is 149 Å². The number of amides is 1. The van der Waals surface area contributed by atoms with E-state index in [9.17, 15) is 4.79 Å². The number of hydrogen-bond acceptors (Lipinski definition) is 3. The van der Waals surface area contributed by atoms with E-state index in [1.54, 1.807) is 13.2 Å². The van der Waals surface area contributed by atoms with Gasteiger partial charge in [-0.05, 0) is 49.1 Å². The van der Waals surface area contributed by atoms with Crippen LogP contribution in [0.2, 0.25) is 0 Å². The maximum atomic E-state index is 11.4. The van der Waals surface area contributed by atoms with Crippen molar-refractivity contribution in [2.45, 2.75) is 32.4 Å². The van der Waals surface area contributed by atoms with Gasteiger partial charge in [-0.3, -0.25) is 9.69 Å². The van der Waals surface area contributed by atoms with Gasteiger partial charge in [-0.25, -0.2) is 0 Å². The molecular formula is C21H26N2O2. The highest BCUT2D eigenvalue weighted by Crippen LogP contribution is 2.38. The first-order valence-corrected chi connectivity index (χ1v) is 8.84. The quantitative estimate of drug-likeness (QED) is 0.903. The number of rotatable bonds is 5. The Bertz CT molecular complexity index is 744. The third kappa shape index (κ3) is 4.02. The van der Waals surface area contributed by atoms with Crippen LogP contribution < -0.4 is 10.5 Å². The van der Waals surface area contributed by atoms with Crippen LogP contribution in [0, 0.1) is 5.92 Å². The summed E-state index contributed by atoms with van der Waals surface area (Å²) in [6.45, 7) is 4.15. The molecule has 0 bridgehead atoms. The number of carbonyl (C=O) groups is 1. The number of primary amides is 1. The Kier molecular flexibility index (Phi) is 5.39. The lowest BCUT2D eigenvalue weighted by molar-refractivity contribution is 0.0999. The molecule has 25 heavy (non-hydrogen) atoms. The van der Waals surface area contributed by atoms with Crippen LogP contribution in [0.25, 0.3) is 0 Å². The molecule has 2 aromatic carbocycles. The third-order valence-corrected chi connectivity index (χ3v) is 5.07. The average Bonchev–Trinajstić information content (AvgIpc) is 2.63. The van der Waals surface area contributed by atoms with E-state index in [2.05, 4.69) is 30.0 Å². The van der Waals surface area contributed by atoms with Crippen molar-refractivity contribution in [2.75, 3.05) is 13.7 Å². The first-order chi connectivity index (χ1) is 12.1. The van der Waals surface area contributed by atoms with Gasteiger partial charge in [0.15, 0.2) is 0 Å². The molecule has 1 heterocycles. The molecule has 0 spiro atoms. The van der Waals surface area contributed by atoms with Crippen LogP contribution in [0.15, 0.2) is 48.5 Å². The van der Waals surface area contributed by atoms with Gasteiger partial charge in [-0.1, -0.05) is 37.3 Å². The number of nitrogens with two attached hydrogens (primary N) is 1. The van der Waals surface area contributed by atoms with Crippen LogP contribution in [0.5, 0.6) is 5.75 Å². The minimum atomic E-state index is -0.379. The first kappa shape index (κ1) is 17.5. The maximum Gasteiger partial charge on any atom is 0.248 e. The van der Waals surface area contributed by atoms with Crippen molar-refractivity contribution in [3.63, 3.8) is 0 Å². The minimum Gasteiger partial charge on any atom is -0.496 e. The van der Waals surface area contributed by atoms with Gasteiger partial charge >= 0.3 is 0 Å². The third-order valence-electron chi connectivity index (χ3n) is 5.07. The highest BCUT2D eigenvalue weighted by molar-refractivity contribution is 5.92. The van der Waals surface area contributed by atoms with E-state index in [-0.39, 0.29) is 5.91 Å². The molecule has 1 fully saturated rings. The Morgan fingerprint density at radius 3 is 2.80 bits per heavy atom. The van der Waals surface area contributed by atoms with E-state index in [0.717, 1.165) is 30.8 Å². The van der Waals surface area contributed by atoms with E-state index in [1.165, 1.54) is 12.0 Å². The highest BCUT2D eigenvalue weighted by atomic mass is 16.5. The molecule has 4 heteroatoms. The zero-order valence-electron chi connectivity index (χ0n) is 14.9. The lowest BCUT2D eigenvalue weighted by atomic mass is 9.87. The maximum absolute atomic E-state index is 11.4. The van der Waals surface area contributed by atoms with Crippen molar-refractivity contribution >= 4 is 5.91 Å². The molecular weight excluding hydrogens is 312 g/mol. The van der Waals surface area contributed by atoms with Gasteiger partial charge in [0.05, 0.1) is 7.11 Å². The molecule has 0 aromatic heterocycles. The van der Waals surface area contributed by atoms with Crippen molar-refractivity contribution in [1.82, 2.24) is 4.90 Å². The number of nitrogens with zero attached hydrogens (tertiary/aromatic N) is 1. The van der Waals surface area contributed by atoms with E-state index >= 15 is 0 Å². The topological polar surface area (TPSA) is 55.6 Å². The number of carbonyl (C=O) groups excluding carboxylic acids is 1. The van der Waals surface area contributed by atoms with Crippen LogP contribution in [-0.4, -0.2) is 24.5 Å². The molecule has 3 rings (SSSR count). The number of ether oxygens (including phenoxy) is 1. The fourth-order valence-electron chi connectivity index (χ4n) is 3.70. The first-order valence-electron chi connectivity index (χ1n) is 8.84. The monoisotopic (exact) mass is 338 g/mol. The molecule has 2 aromatic rings. The fraction of sp³-hybridized carbons (Fsp3) is 0.381. The van der Waals surface area contributed by atoms with Gasteiger partial charge in [0.2, 0.25) is 5.91 Å². The molecule has 0 radical (unpaired) electrons. The molecule has 2 atom stereocenters. The molecule has 1 amide bonds. The van der Waals surface area contributed by atoms with E-state index in [0.29, 0.717) is 17.5 Å². The summed E-state index contributed by atoms with van der Waals surface area (Å²) in [5, 5.41) is 0. The average molecular weight is 338 g/mol. The molecule has 0 unspecified atom stereocenters. The van der Waals surface area contributed by atoms with E-state index in [4.69, 9.17) is 10.5 Å². The van der Waals surface area contributed by atoms with Gasteiger partial charge in [0.1, 0.15) is 5.75 Å². The standard InChI is InChI=1S/C21H26N2O2/c1-15-10-11-23(14-16-6-5-7-17(13-16)21(22)24)19(12-15)18-8-3-4-9-20(18)25-2/h3-9,13,15,19H,10-12,14H2,1-2H3,(H2,22,24)/t15-,19+/m0/s1. The Hall–Kier alpha value is -2.33. The van der Waals surface area contributed by atoms with Gasteiger partial charge in [0.25, 0.3) is 0 Å². The largest absolute Gasteiger partial charge is 0.496 e. The molecule has 0 saturated carbocycles. The van der Waals surface area contributed by atoms with Crippen molar-refractivity contribution < 1.29 is 9.53 Å². The molecule has 132 valence electrons. The number of piperidine rings is 1. The smallest absolute Gasteiger partial charge is 0.248 e. The summed E-state index contributed by atoms with van der Waals surface area (Å²) < 4.78 is 5.60. The Balaban J connectivity index is 1.88. The van der Waals surface area contributed by atoms with Crippen molar-refractivity contribution in [2.24, 2.45) is 11.7 Å². The van der Waals surface area contributed by atoms with Crippen LogP contribution in [0.3, 0.4) is 0 Å². The summed E-state index contributed by atoms with van der Waals surface area (Å²) in [5.41, 5.74) is 8.34. The van der Waals surface area contributed by atoms with Gasteiger partial charge in [0, 0.05) is 23.7 Å². The van der Waals surface area contributed by atoms with Gasteiger partial charge < -0.3 is 10.5 Å². The zero-order valence-corrected chi connectivity index (χ0v) is 14.9. The van der Waals surface area contributed by atoms with Crippen molar-refractivity contribution in [3.05, 3.63) is 65.2 Å². The van der Waals surface area contributed by atoms with Crippen LogP contribution >= 0.6 is 0 Å². The van der Waals surface area contributed by atoms with Crippen molar-refractivity contribution in [1.29, 1.82) is 0 Å². The zero-order chi connectivity index (χ0) is 17.8. The predicted octanol–water partition coefficient (Wildman–Crippen LogP) is 3.77. The second-order valence-corrected chi connectivity index (χ2v) is 6.92. The minimum absolute atomic E-state index is 0.317. The summed E-state index contributed by atoms with van der Waals surface area (Å²) in [5.74, 6) is 1.25. The SMILES string of the molecule is COc1ccccc1[C@H]1C[C@@H](C)CCN1Cc1cccc(C(N)=O)c1.